The van der Waals surface area contributed by atoms with Gasteiger partial charge in [0.1, 0.15) is 11.5 Å². The Kier molecular flexibility index (Phi) is 8.02. The number of carbonyl (C=O) groups excluding carboxylic acids is 2. The summed E-state index contributed by atoms with van der Waals surface area (Å²) in [6, 6.07) is 20.5. The van der Waals surface area contributed by atoms with Crippen LogP contribution in [0.5, 0.6) is 11.5 Å². The maximum absolute atomic E-state index is 12.4. The molecule has 0 radical (unpaired) electrons. The van der Waals surface area contributed by atoms with Crippen molar-refractivity contribution in [1.82, 2.24) is 5.32 Å². The fraction of sp³-hybridized carbons (Fsp3) is 0.0870. The average Bonchev–Trinajstić information content (AvgIpc) is 2.78. The lowest BCUT2D eigenvalue weighted by molar-refractivity contribution is -0.121. The van der Waals surface area contributed by atoms with Gasteiger partial charge in [-0.3, -0.25) is 14.9 Å². The van der Waals surface area contributed by atoms with Gasteiger partial charge in [0.2, 0.25) is 0 Å². The molecule has 0 heterocycles. The van der Waals surface area contributed by atoms with E-state index in [9.17, 15) is 9.59 Å². The molecular weight excluding hydrogens is 450 g/mol. The average molecular weight is 470 g/mol. The Morgan fingerprint density at radius 2 is 1.56 bits per heavy atom. The molecule has 3 rings (SSSR count). The Hall–Kier alpha value is -3.62. The highest BCUT2D eigenvalue weighted by molar-refractivity contribution is 7.80. The molecule has 0 fully saturated rings. The minimum atomic E-state index is -0.415. The number of thiocarbonyl (C=S) groups is 1. The number of rotatable bonds is 7. The van der Waals surface area contributed by atoms with Crippen molar-refractivity contribution in [2.75, 3.05) is 24.4 Å². The summed E-state index contributed by atoms with van der Waals surface area (Å²) < 4.78 is 10.5. The molecule has 32 heavy (non-hydrogen) atoms. The number of hydrogen-bond acceptors (Lipinski definition) is 5. The summed E-state index contributed by atoms with van der Waals surface area (Å²) in [6.07, 6.45) is 0. The number of hydrogen-bond donors (Lipinski definition) is 3. The molecule has 7 nitrogen and oxygen atoms in total. The summed E-state index contributed by atoms with van der Waals surface area (Å²) in [5.74, 6) is 0.472. The molecule has 3 aromatic carbocycles. The summed E-state index contributed by atoms with van der Waals surface area (Å²) in [4.78, 5) is 24.5. The number of anilines is 2. The van der Waals surface area contributed by atoms with Crippen LogP contribution in [-0.2, 0) is 4.79 Å². The Bertz CT molecular complexity index is 1120. The van der Waals surface area contributed by atoms with Gasteiger partial charge in [-0.15, -0.1) is 0 Å². The Morgan fingerprint density at radius 1 is 0.906 bits per heavy atom. The van der Waals surface area contributed by atoms with Crippen molar-refractivity contribution < 1.29 is 19.1 Å². The zero-order valence-corrected chi connectivity index (χ0v) is 18.6. The van der Waals surface area contributed by atoms with Gasteiger partial charge >= 0.3 is 0 Å². The van der Waals surface area contributed by atoms with E-state index in [1.807, 2.05) is 0 Å². The first-order valence-corrected chi connectivity index (χ1v) is 10.3. The zero-order chi connectivity index (χ0) is 22.9. The molecule has 0 aliphatic rings. The maximum atomic E-state index is 12.4. The standard InChI is InChI=1S/C23H20ClN3O4S/c1-30-17-9-11-18(12-10-17)31-14-21(28)27-23(32)26-16-6-4-5-15(13-16)25-22(29)19-7-2-3-8-20(19)24/h2-13H,14H2,1H3,(H,25,29)(H2,26,27,28,32). The van der Waals surface area contributed by atoms with Gasteiger partial charge in [0.05, 0.1) is 17.7 Å². The van der Waals surface area contributed by atoms with Crippen LogP contribution >= 0.6 is 23.8 Å². The molecular formula is C23H20ClN3O4S. The van der Waals surface area contributed by atoms with E-state index < -0.39 is 5.91 Å². The van der Waals surface area contributed by atoms with E-state index in [2.05, 4.69) is 16.0 Å². The number of halogens is 1. The van der Waals surface area contributed by atoms with E-state index in [0.29, 0.717) is 33.5 Å². The lowest BCUT2D eigenvalue weighted by Gasteiger charge is -2.12. The summed E-state index contributed by atoms with van der Waals surface area (Å²) >= 11 is 11.2. The van der Waals surface area contributed by atoms with Crippen LogP contribution in [0.3, 0.4) is 0 Å². The van der Waals surface area contributed by atoms with Gasteiger partial charge < -0.3 is 20.1 Å². The van der Waals surface area contributed by atoms with E-state index in [4.69, 9.17) is 33.3 Å². The molecule has 0 saturated heterocycles. The number of ether oxygens (including phenoxy) is 2. The zero-order valence-electron chi connectivity index (χ0n) is 17.1. The van der Waals surface area contributed by atoms with Gasteiger partial charge in [-0.25, -0.2) is 0 Å². The number of benzene rings is 3. The van der Waals surface area contributed by atoms with Crippen molar-refractivity contribution in [2.45, 2.75) is 0 Å². The van der Waals surface area contributed by atoms with E-state index in [1.165, 1.54) is 0 Å². The third kappa shape index (κ3) is 6.69. The highest BCUT2D eigenvalue weighted by Crippen LogP contribution is 2.20. The molecule has 0 unspecified atom stereocenters. The lowest BCUT2D eigenvalue weighted by Crippen LogP contribution is -2.37. The highest BCUT2D eigenvalue weighted by atomic mass is 35.5. The summed E-state index contributed by atoms with van der Waals surface area (Å²) in [5.41, 5.74) is 1.49. The fourth-order valence-electron chi connectivity index (χ4n) is 2.66. The van der Waals surface area contributed by atoms with Gasteiger partial charge in [-0.05, 0) is 66.8 Å². The van der Waals surface area contributed by atoms with Crippen molar-refractivity contribution in [3.05, 3.63) is 83.4 Å². The fourth-order valence-corrected chi connectivity index (χ4v) is 3.12. The first-order chi connectivity index (χ1) is 15.4. The Morgan fingerprint density at radius 3 is 2.25 bits per heavy atom. The predicted octanol–water partition coefficient (Wildman–Crippen LogP) is 4.49. The van der Waals surface area contributed by atoms with Crippen LogP contribution in [-0.4, -0.2) is 30.6 Å². The molecule has 0 spiro atoms. The minimum Gasteiger partial charge on any atom is -0.497 e. The van der Waals surface area contributed by atoms with Crippen LogP contribution in [0.2, 0.25) is 5.02 Å². The second-order valence-electron chi connectivity index (χ2n) is 6.48. The second kappa shape index (κ2) is 11.1. The van der Waals surface area contributed by atoms with Crippen LogP contribution < -0.4 is 25.4 Å². The molecule has 2 amide bonds. The Balaban J connectivity index is 1.50. The number of methoxy groups -OCH3 is 1. The first kappa shape index (κ1) is 23.1. The number of carbonyl (C=O) groups is 2. The highest BCUT2D eigenvalue weighted by Gasteiger charge is 2.11. The van der Waals surface area contributed by atoms with Gasteiger partial charge in [0.25, 0.3) is 11.8 Å². The minimum absolute atomic E-state index is 0.0999. The van der Waals surface area contributed by atoms with Crippen molar-refractivity contribution in [3.63, 3.8) is 0 Å². The number of amides is 2. The van der Waals surface area contributed by atoms with Crippen LogP contribution in [0.1, 0.15) is 10.4 Å². The molecule has 3 aromatic rings. The SMILES string of the molecule is COc1ccc(OCC(=O)NC(=S)Nc2cccc(NC(=O)c3ccccc3Cl)c2)cc1. The summed E-state index contributed by atoms with van der Waals surface area (Å²) in [6.45, 7) is -0.206. The first-order valence-electron chi connectivity index (χ1n) is 9.48. The predicted molar refractivity (Wildman–Crippen MR) is 129 cm³/mol. The molecule has 0 saturated carbocycles. The number of nitrogens with one attached hydrogen (secondary N) is 3. The second-order valence-corrected chi connectivity index (χ2v) is 7.30. The molecule has 3 N–H and O–H groups in total. The third-order valence-corrected chi connectivity index (χ3v) is 4.71. The maximum Gasteiger partial charge on any atom is 0.264 e. The van der Waals surface area contributed by atoms with Gasteiger partial charge in [-0.2, -0.15) is 0 Å². The van der Waals surface area contributed by atoms with Crippen LogP contribution in [0.15, 0.2) is 72.8 Å². The molecule has 0 bridgehead atoms. The smallest absolute Gasteiger partial charge is 0.264 e. The van der Waals surface area contributed by atoms with Crippen molar-refractivity contribution >= 4 is 52.1 Å². The summed E-state index contributed by atoms with van der Waals surface area (Å²) in [7, 11) is 1.57. The third-order valence-electron chi connectivity index (χ3n) is 4.18. The van der Waals surface area contributed by atoms with Crippen LogP contribution in [0, 0.1) is 0 Å². The van der Waals surface area contributed by atoms with E-state index in [1.54, 1.807) is 79.9 Å². The van der Waals surface area contributed by atoms with Crippen molar-refractivity contribution in [2.24, 2.45) is 0 Å². The quantitative estimate of drug-likeness (QED) is 0.442. The van der Waals surface area contributed by atoms with Gasteiger partial charge in [0, 0.05) is 11.4 Å². The topological polar surface area (TPSA) is 88.7 Å². The molecule has 9 heteroatoms. The lowest BCUT2D eigenvalue weighted by atomic mass is 10.2. The van der Waals surface area contributed by atoms with Crippen LogP contribution in [0.25, 0.3) is 0 Å². The molecule has 0 aliphatic carbocycles. The largest absolute Gasteiger partial charge is 0.497 e. The molecule has 0 aromatic heterocycles. The van der Waals surface area contributed by atoms with Crippen LogP contribution in [0.4, 0.5) is 11.4 Å². The molecule has 0 atom stereocenters. The van der Waals surface area contributed by atoms with E-state index in [-0.39, 0.29) is 17.6 Å². The van der Waals surface area contributed by atoms with Gasteiger partial charge in [-0.1, -0.05) is 29.8 Å². The monoisotopic (exact) mass is 469 g/mol. The van der Waals surface area contributed by atoms with Gasteiger partial charge in [0.15, 0.2) is 11.7 Å². The molecule has 164 valence electrons. The van der Waals surface area contributed by atoms with E-state index >= 15 is 0 Å². The van der Waals surface area contributed by atoms with E-state index in [0.717, 1.165) is 0 Å². The van der Waals surface area contributed by atoms with Crippen molar-refractivity contribution in [3.8, 4) is 11.5 Å². The normalized spacial score (nSPS) is 10.1. The summed E-state index contributed by atoms with van der Waals surface area (Å²) in [5, 5.41) is 8.68. The Labute approximate surface area is 195 Å². The molecule has 0 aliphatic heterocycles. The van der Waals surface area contributed by atoms with Crippen molar-refractivity contribution in [1.29, 1.82) is 0 Å².